The number of piperazine rings is 1. The van der Waals surface area contributed by atoms with Crippen LogP contribution in [0, 0.1) is 13.8 Å². The Kier molecular flexibility index (Phi) is 5.64. The lowest BCUT2D eigenvalue weighted by molar-refractivity contribution is -0.124. The van der Waals surface area contributed by atoms with Crippen LogP contribution >= 0.6 is 0 Å². The number of nitrogens with zero attached hydrogens (tertiary/aromatic N) is 2. The number of sulfonamides is 1. The van der Waals surface area contributed by atoms with Gasteiger partial charge in [-0.2, -0.15) is 4.31 Å². The van der Waals surface area contributed by atoms with Gasteiger partial charge in [0.25, 0.3) is 0 Å². The lowest BCUT2D eigenvalue weighted by Gasteiger charge is -2.37. The first-order valence-corrected chi connectivity index (χ1v) is 10.4. The number of carbonyl (C=O) groups is 1. The summed E-state index contributed by atoms with van der Waals surface area (Å²) in [5, 5.41) is 0. The number of amides is 1. The topological polar surface area (TPSA) is 83.7 Å². The summed E-state index contributed by atoms with van der Waals surface area (Å²) in [5.41, 5.74) is 8.24. The molecule has 0 bridgehead atoms. The molecule has 1 amide bonds. The molecule has 1 aliphatic heterocycles. The summed E-state index contributed by atoms with van der Waals surface area (Å²) in [4.78, 5) is 14.3. The molecule has 1 heterocycles. The van der Waals surface area contributed by atoms with Crippen LogP contribution in [0.25, 0.3) is 0 Å². The highest BCUT2D eigenvalue weighted by Gasteiger charge is 2.34. The van der Waals surface area contributed by atoms with Crippen LogP contribution in [-0.2, 0) is 14.8 Å². The van der Waals surface area contributed by atoms with Gasteiger partial charge in [-0.05, 0) is 31.0 Å². The molecule has 27 heavy (non-hydrogen) atoms. The Balaban J connectivity index is 1.77. The number of hydrogen-bond donors (Lipinski definition) is 1. The monoisotopic (exact) mass is 387 g/mol. The fourth-order valence-electron chi connectivity index (χ4n) is 3.62. The van der Waals surface area contributed by atoms with Gasteiger partial charge in [0, 0.05) is 26.2 Å². The Bertz CT molecular complexity index is 921. The molecule has 6 nitrogen and oxygen atoms in total. The largest absolute Gasteiger partial charge is 0.368 e. The van der Waals surface area contributed by atoms with Crippen molar-refractivity contribution < 1.29 is 13.2 Å². The van der Waals surface area contributed by atoms with Crippen LogP contribution in [0.4, 0.5) is 0 Å². The van der Waals surface area contributed by atoms with Gasteiger partial charge in [-0.3, -0.25) is 9.69 Å². The minimum Gasteiger partial charge on any atom is -0.368 e. The first-order valence-electron chi connectivity index (χ1n) is 8.96. The van der Waals surface area contributed by atoms with Crippen molar-refractivity contribution in [2.75, 3.05) is 26.2 Å². The summed E-state index contributed by atoms with van der Waals surface area (Å²) < 4.78 is 27.5. The van der Waals surface area contributed by atoms with Crippen LogP contribution in [0.15, 0.2) is 53.4 Å². The predicted molar refractivity (Wildman–Crippen MR) is 105 cm³/mol. The fourth-order valence-corrected chi connectivity index (χ4v) is 5.25. The van der Waals surface area contributed by atoms with Crippen LogP contribution in [0.1, 0.15) is 22.7 Å². The van der Waals surface area contributed by atoms with Crippen LogP contribution in [-0.4, -0.2) is 49.7 Å². The van der Waals surface area contributed by atoms with E-state index >= 15 is 0 Å². The number of hydrogen-bond acceptors (Lipinski definition) is 4. The minimum atomic E-state index is -3.55. The number of aryl methyl sites for hydroxylation is 2. The molecule has 1 fully saturated rings. The van der Waals surface area contributed by atoms with E-state index in [9.17, 15) is 13.2 Å². The van der Waals surface area contributed by atoms with Gasteiger partial charge in [0.05, 0.1) is 4.90 Å². The molecule has 144 valence electrons. The van der Waals surface area contributed by atoms with E-state index in [2.05, 4.69) is 0 Å². The molecule has 1 saturated heterocycles. The zero-order chi connectivity index (χ0) is 19.6. The average molecular weight is 388 g/mol. The average Bonchev–Trinajstić information content (AvgIpc) is 2.62. The summed E-state index contributed by atoms with van der Waals surface area (Å²) in [6.45, 7) is 5.31. The molecule has 0 radical (unpaired) electrons. The Labute approximate surface area is 160 Å². The predicted octanol–water partition coefficient (Wildman–Crippen LogP) is 1.84. The van der Waals surface area contributed by atoms with E-state index in [-0.39, 0.29) is 0 Å². The third-order valence-electron chi connectivity index (χ3n) is 4.97. The summed E-state index contributed by atoms with van der Waals surface area (Å²) in [6, 6.07) is 14.2. The number of benzene rings is 2. The number of carbonyl (C=O) groups excluding carboxylic acids is 1. The Morgan fingerprint density at radius 1 is 1.00 bits per heavy atom. The third kappa shape index (κ3) is 4.05. The molecule has 1 aliphatic rings. The van der Waals surface area contributed by atoms with Gasteiger partial charge in [-0.15, -0.1) is 0 Å². The second-order valence-electron chi connectivity index (χ2n) is 6.92. The van der Waals surface area contributed by atoms with E-state index in [0.717, 1.165) is 16.7 Å². The van der Waals surface area contributed by atoms with E-state index in [1.165, 1.54) is 4.31 Å². The molecular formula is C20H25N3O3S. The molecule has 2 aromatic carbocycles. The Morgan fingerprint density at radius 3 is 2.19 bits per heavy atom. The van der Waals surface area contributed by atoms with Gasteiger partial charge < -0.3 is 5.73 Å². The highest BCUT2D eigenvalue weighted by atomic mass is 32.2. The zero-order valence-corrected chi connectivity index (χ0v) is 16.4. The van der Waals surface area contributed by atoms with Crippen LogP contribution in [0.3, 0.4) is 0 Å². The summed E-state index contributed by atoms with van der Waals surface area (Å²) in [5.74, 6) is -0.424. The Morgan fingerprint density at radius 2 is 1.63 bits per heavy atom. The molecule has 2 aromatic rings. The molecule has 2 N–H and O–H groups in total. The van der Waals surface area contributed by atoms with Gasteiger partial charge in [0.1, 0.15) is 6.04 Å². The van der Waals surface area contributed by atoms with E-state index < -0.39 is 22.0 Å². The SMILES string of the molecule is Cc1ccc(S(=O)(=O)N2CCN(C(C(N)=O)c3ccccc3)CC2)c(C)c1. The minimum absolute atomic E-state index is 0.326. The maximum atomic E-state index is 13.0. The van der Waals surface area contributed by atoms with Crippen molar-refractivity contribution in [2.24, 2.45) is 5.73 Å². The van der Waals surface area contributed by atoms with E-state index in [1.54, 1.807) is 6.07 Å². The second kappa shape index (κ2) is 7.80. The van der Waals surface area contributed by atoms with Gasteiger partial charge in [0.2, 0.25) is 15.9 Å². The summed E-state index contributed by atoms with van der Waals surface area (Å²) in [6.07, 6.45) is 0. The normalized spacial score (nSPS) is 17.6. The van der Waals surface area contributed by atoms with E-state index in [4.69, 9.17) is 5.73 Å². The van der Waals surface area contributed by atoms with Crippen molar-refractivity contribution in [3.8, 4) is 0 Å². The van der Waals surface area contributed by atoms with Crippen molar-refractivity contribution in [1.29, 1.82) is 0 Å². The first-order chi connectivity index (χ1) is 12.8. The lowest BCUT2D eigenvalue weighted by Crippen LogP contribution is -2.51. The van der Waals surface area contributed by atoms with Gasteiger partial charge in [0.15, 0.2) is 0 Å². The Hall–Kier alpha value is -2.22. The highest BCUT2D eigenvalue weighted by molar-refractivity contribution is 7.89. The molecule has 0 aliphatic carbocycles. The molecule has 0 spiro atoms. The zero-order valence-electron chi connectivity index (χ0n) is 15.6. The number of rotatable bonds is 5. The van der Waals surface area contributed by atoms with Crippen molar-refractivity contribution in [3.05, 3.63) is 65.2 Å². The van der Waals surface area contributed by atoms with Crippen molar-refractivity contribution in [2.45, 2.75) is 24.8 Å². The smallest absolute Gasteiger partial charge is 0.243 e. The summed E-state index contributed by atoms with van der Waals surface area (Å²) >= 11 is 0. The van der Waals surface area contributed by atoms with Crippen molar-refractivity contribution in [3.63, 3.8) is 0 Å². The lowest BCUT2D eigenvalue weighted by atomic mass is 10.0. The quantitative estimate of drug-likeness (QED) is 0.848. The number of nitrogens with two attached hydrogens (primary N) is 1. The summed E-state index contributed by atoms with van der Waals surface area (Å²) in [7, 11) is -3.55. The number of primary amides is 1. The van der Waals surface area contributed by atoms with Crippen molar-refractivity contribution >= 4 is 15.9 Å². The standard InChI is InChI=1S/C20H25N3O3S/c1-15-8-9-18(16(2)14-15)27(25,26)23-12-10-22(11-13-23)19(20(21)24)17-6-4-3-5-7-17/h3-9,14,19H,10-13H2,1-2H3,(H2,21,24). The van der Waals surface area contributed by atoms with Gasteiger partial charge in [-0.1, -0.05) is 48.0 Å². The molecule has 1 atom stereocenters. The van der Waals surface area contributed by atoms with Crippen molar-refractivity contribution in [1.82, 2.24) is 9.21 Å². The van der Waals surface area contributed by atoms with Gasteiger partial charge in [-0.25, -0.2) is 8.42 Å². The maximum absolute atomic E-state index is 13.0. The van der Waals surface area contributed by atoms with Crippen LogP contribution in [0.5, 0.6) is 0 Å². The van der Waals surface area contributed by atoms with Gasteiger partial charge >= 0.3 is 0 Å². The van der Waals surface area contributed by atoms with E-state index in [0.29, 0.717) is 31.1 Å². The molecule has 0 saturated carbocycles. The van der Waals surface area contributed by atoms with Crippen LogP contribution in [0.2, 0.25) is 0 Å². The van der Waals surface area contributed by atoms with Crippen LogP contribution < -0.4 is 5.73 Å². The molecular weight excluding hydrogens is 362 g/mol. The molecule has 1 unspecified atom stereocenters. The maximum Gasteiger partial charge on any atom is 0.243 e. The van der Waals surface area contributed by atoms with E-state index in [1.807, 2.05) is 61.2 Å². The second-order valence-corrected chi connectivity index (χ2v) is 8.83. The third-order valence-corrected chi connectivity index (χ3v) is 7.03. The highest BCUT2D eigenvalue weighted by Crippen LogP contribution is 2.26. The first kappa shape index (κ1) is 19.5. The molecule has 3 rings (SSSR count). The molecule has 0 aromatic heterocycles. The molecule has 7 heteroatoms. The fraction of sp³-hybridized carbons (Fsp3) is 0.350.